The molecule has 0 heterocycles. The van der Waals surface area contributed by atoms with Gasteiger partial charge in [-0.2, -0.15) is 0 Å². The molecule has 78 valence electrons. The Morgan fingerprint density at radius 3 is 1.80 bits per heavy atom. The SMILES string of the molecule is O=C(O)[14c]1[14c]([N+](=O)[O-])[14cH][14cH][14cH][14c]1[N+](=O)[O-]. The minimum atomic E-state index is -1.70. The molecule has 1 aromatic carbocycles. The fourth-order valence-corrected chi connectivity index (χ4v) is 1.05. The molecule has 0 atom stereocenters. The van der Waals surface area contributed by atoms with Crippen LogP contribution in [0.4, 0.5) is 11.4 Å². The standard InChI is InChI=1S/C7H4N2O6/c10-7(11)6-4(8(12)13)2-1-3-5(6)9(14)15/h1-3H,(H,10,11)/i1+2,2+2,3+2,4+2,5+2,6+2. The highest BCUT2D eigenvalue weighted by Gasteiger charge is 2.29. The molecular formula is C7H4N2O6. The van der Waals surface area contributed by atoms with Gasteiger partial charge in [0, 0.05) is 12.1 Å². The number of carboxylic acid groups (broad SMARTS) is 1. The fraction of sp³-hybridized carbons (Fsp3) is 0. The summed E-state index contributed by atoms with van der Waals surface area (Å²) in [6.45, 7) is 0. The second-order valence-electron chi connectivity index (χ2n) is 2.49. The van der Waals surface area contributed by atoms with E-state index in [4.69, 9.17) is 5.11 Å². The first-order valence-electron chi connectivity index (χ1n) is 3.60. The van der Waals surface area contributed by atoms with Crippen molar-refractivity contribution in [1.29, 1.82) is 0 Å². The van der Waals surface area contributed by atoms with Gasteiger partial charge in [-0.05, 0) is 6.07 Å². The molecule has 0 saturated heterocycles. The molecule has 1 N–H and O–H groups in total. The van der Waals surface area contributed by atoms with Crippen LogP contribution in [0.5, 0.6) is 0 Å². The summed E-state index contributed by atoms with van der Waals surface area (Å²) in [6, 6.07) is 2.86. The zero-order valence-electron chi connectivity index (χ0n) is 7.11. The lowest BCUT2D eigenvalue weighted by Gasteiger charge is -1.98. The molecule has 0 aromatic heterocycles. The second-order valence-corrected chi connectivity index (χ2v) is 2.49. The van der Waals surface area contributed by atoms with E-state index in [1.165, 1.54) is 0 Å². The van der Waals surface area contributed by atoms with Gasteiger partial charge < -0.3 is 5.11 Å². The van der Waals surface area contributed by atoms with Gasteiger partial charge in [-0.3, -0.25) is 20.2 Å². The average molecular weight is 224 g/mol. The van der Waals surface area contributed by atoms with Crippen LogP contribution >= 0.6 is 0 Å². The third-order valence-corrected chi connectivity index (χ3v) is 1.63. The van der Waals surface area contributed by atoms with Crippen molar-refractivity contribution in [3.8, 4) is 0 Å². The number of nitrogens with zero attached hydrogens (tertiary/aromatic N) is 2. The summed E-state index contributed by atoms with van der Waals surface area (Å²) in [5.74, 6) is -1.70. The fourth-order valence-electron chi connectivity index (χ4n) is 1.05. The van der Waals surface area contributed by atoms with Gasteiger partial charge >= 0.3 is 5.97 Å². The Labute approximate surface area is 82.1 Å². The largest absolute Gasteiger partial charge is 0.477 e. The Hall–Kier alpha value is -2.51. The van der Waals surface area contributed by atoms with Gasteiger partial charge in [-0.15, -0.1) is 0 Å². The Morgan fingerprint density at radius 1 is 1.13 bits per heavy atom. The van der Waals surface area contributed by atoms with E-state index in [0.29, 0.717) is 0 Å². The van der Waals surface area contributed by atoms with Crippen LogP contribution in [0.15, 0.2) is 18.2 Å². The maximum atomic E-state index is 10.6. The Morgan fingerprint density at radius 2 is 1.53 bits per heavy atom. The summed E-state index contributed by atoms with van der Waals surface area (Å²) in [6.07, 6.45) is 0. The molecule has 0 spiro atoms. The predicted octanol–water partition coefficient (Wildman–Crippen LogP) is 1.20. The third-order valence-electron chi connectivity index (χ3n) is 1.63. The summed E-state index contributed by atoms with van der Waals surface area (Å²) < 4.78 is 0. The molecule has 1 aromatic rings. The van der Waals surface area contributed by atoms with Crippen molar-refractivity contribution in [3.05, 3.63) is 44.0 Å². The van der Waals surface area contributed by atoms with Crippen LogP contribution in [-0.2, 0) is 0 Å². The minimum Gasteiger partial charge on any atom is -0.477 e. The number of aromatic carboxylic acids is 1. The van der Waals surface area contributed by atoms with Crippen LogP contribution in [0.25, 0.3) is 0 Å². The zero-order valence-corrected chi connectivity index (χ0v) is 7.11. The van der Waals surface area contributed by atoms with Crippen LogP contribution in [0.1, 0.15) is 10.4 Å². The molecule has 0 aliphatic heterocycles. The van der Waals surface area contributed by atoms with Crippen LogP contribution in [0.3, 0.4) is 0 Å². The van der Waals surface area contributed by atoms with Crippen molar-refractivity contribution in [2.24, 2.45) is 0 Å². The van der Waals surface area contributed by atoms with E-state index in [1.54, 1.807) is 0 Å². The van der Waals surface area contributed by atoms with Gasteiger partial charge in [0.05, 0.1) is 9.85 Å². The van der Waals surface area contributed by atoms with Crippen molar-refractivity contribution < 1.29 is 19.7 Å². The van der Waals surface area contributed by atoms with E-state index in [1.807, 2.05) is 0 Å². The summed E-state index contributed by atoms with van der Waals surface area (Å²) in [7, 11) is 0. The highest BCUT2D eigenvalue weighted by Crippen LogP contribution is 2.27. The minimum absolute atomic E-state index is 0.795. The number of hydrogen-bond acceptors (Lipinski definition) is 5. The molecule has 0 saturated carbocycles. The molecule has 0 bridgehead atoms. The van der Waals surface area contributed by atoms with Gasteiger partial charge in [0.2, 0.25) is 5.56 Å². The van der Waals surface area contributed by atoms with Crippen LogP contribution in [-0.4, -0.2) is 20.9 Å². The number of hydrogen-bond donors (Lipinski definition) is 1. The lowest BCUT2D eigenvalue weighted by Crippen LogP contribution is -2.06. The van der Waals surface area contributed by atoms with E-state index < -0.39 is 32.8 Å². The number of benzene rings is 1. The Bertz CT molecular complexity index is 423. The summed E-state index contributed by atoms with van der Waals surface area (Å²) in [4.78, 5) is 29.5. The second kappa shape index (κ2) is 3.70. The molecule has 0 amide bonds. The lowest BCUT2D eigenvalue weighted by atomic mass is 11.2. The Balaban J connectivity index is 3.56. The van der Waals surface area contributed by atoms with Crippen molar-refractivity contribution in [2.75, 3.05) is 0 Å². The maximum absolute atomic E-state index is 10.6. The molecular weight excluding hydrogens is 220 g/mol. The number of rotatable bonds is 3. The smallest absolute Gasteiger partial charge is 0.349 e. The van der Waals surface area contributed by atoms with Gasteiger partial charge in [-0.1, -0.05) is 0 Å². The lowest BCUT2D eigenvalue weighted by molar-refractivity contribution is -0.394. The molecule has 8 heteroatoms. The van der Waals surface area contributed by atoms with E-state index in [-0.39, 0.29) is 0 Å². The van der Waals surface area contributed by atoms with E-state index >= 15 is 0 Å². The van der Waals surface area contributed by atoms with Crippen LogP contribution in [0, 0.1) is 20.2 Å². The first kappa shape index (κ1) is 10.6. The van der Waals surface area contributed by atoms with Gasteiger partial charge in [-0.25, -0.2) is 4.79 Å². The highest BCUT2D eigenvalue weighted by atomic mass is 16.7. The van der Waals surface area contributed by atoms with E-state index in [9.17, 15) is 25.0 Å². The third kappa shape index (κ3) is 1.88. The summed E-state index contributed by atoms with van der Waals surface area (Å²) in [5, 5.41) is 29.5. The highest BCUT2D eigenvalue weighted by molar-refractivity contribution is 5.96. The molecule has 0 unspecified atom stereocenters. The van der Waals surface area contributed by atoms with Crippen molar-refractivity contribution in [2.45, 2.75) is 0 Å². The molecule has 0 aliphatic rings. The first-order chi connectivity index (χ1) is 6.95. The maximum Gasteiger partial charge on any atom is 0.349 e. The van der Waals surface area contributed by atoms with Crippen LogP contribution < -0.4 is 0 Å². The monoisotopic (exact) mass is 224 g/mol. The molecule has 0 fully saturated rings. The predicted molar refractivity (Wildman–Crippen MR) is 46.7 cm³/mol. The Kier molecular flexibility index (Phi) is 2.61. The summed E-state index contributed by atoms with van der Waals surface area (Å²) in [5.41, 5.74) is -2.50. The topological polar surface area (TPSA) is 124 Å². The quantitative estimate of drug-likeness (QED) is 0.607. The normalized spacial score (nSPS) is 9.60. The molecule has 1 rings (SSSR count). The number of nitro groups is 2. The number of carbonyl (C=O) groups is 1. The first-order valence-corrected chi connectivity index (χ1v) is 3.60. The number of carboxylic acids is 1. The van der Waals surface area contributed by atoms with Crippen molar-refractivity contribution in [3.63, 3.8) is 0 Å². The van der Waals surface area contributed by atoms with Gasteiger partial charge in [0.15, 0.2) is 0 Å². The van der Waals surface area contributed by atoms with E-state index in [0.717, 1.165) is 18.2 Å². The zero-order chi connectivity index (χ0) is 11.6. The number of nitro benzene ring substituents is 2. The molecule has 15 heavy (non-hydrogen) atoms. The molecule has 0 aliphatic carbocycles. The van der Waals surface area contributed by atoms with E-state index in [2.05, 4.69) is 0 Å². The summed E-state index contributed by atoms with van der Waals surface area (Å²) >= 11 is 0. The van der Waals surface area contributed by atoms with Crippen molar-refractivity contribution in [1.82, 2.24) is 0 Å². The molecule has 0 radical (unpaired) electrons. The molecule has 8 nitrogen and oxygen atoms in total. The van der Waals surface area contributed by atoms with Crippen LogP contribution in [0.2, 0.25) is 0 Å². The van der Waals surface area contributed by atoms with Gasteiger partial charge in [0.25, 0.3) is 11.4 Å². The van der Waals surface area contributed by atoms with Gasteiger partial charge in [0.1, 0.15) is 0 Å². The van der Waals surface area contributed by atoms with Crippen molar-refractivity contribution >= 4 is 17.3 Å². The average Bonchev–Trinajstić information content (AvgIpc) is 2.16.